The number of benzene rings is 1. The molecule has 0 unspecified atom stereocenters. The van der Waals surface area contributed by atoms with Gasteiger partial charge in [0.25, 0.3) is 10.2 Å². The molecule has 1 N–H and O–H groups in total. The average molecular weight is 426 g/mol. The predicted octanol–water partition coefficient (Wildman–Crippen LogP) is 1.68. The molecule has 0 aliphatic carbocycles. The summed E-state index contributed by atoms with van der Waals surface area (Å²) >= 11 is 0. The van der Waals surface area contributed by atoms with Crippen LogP contribution in [0.25, 0.3) is 0 Å². The summed E-state index contributed by atoms with van der Waals surface area (Å²) in [5, 5.41) is 2.93. The number of carbonyl (C=O) groups excluding carboxylic acids is 1. The Balaban J connectivity index is 1.84. The number of rotatable bonds is 10. The summed E-state index contributed by atoms with van der Waals surface area (Å²) in [5.74, 6) is -0.0827. The van der Waals surface area contributed by atoms with Crippen LogP contribution in [0.2, 0.25) is 0 Å². The van der Waals surface area contributed by atoms with E-state index < -0.39 is 10.2 Å². The van der Waals surface area contributed by atoms with Gasteiger partial charge in [-0.3, -0.25) is 9.69 Å². The molecule has 9 heteroatoms. The maximum atomic E-state index is 12.6. The highest BCUT2D eigenvalue weighted by atomic mass is 32.2. The summed E-state index contributed by atoms with van der Waals surface area (Å²) in [6, 6.07) is 7.86. The zero-order chi connectivity index (χ0) is 21.4. The van der Waals surface area contributed by atoms with Crippen molar-refractivity contribution in [1.29, 1.82) is 0 Å². The molecule has 164 valence electrons. The molecule has 0 aromatic heterocycles. The molecule has 1 aliphatic heterocycles. The van der Waals surface area contributed by atoms with E-state index in [1.165, 1.54) is 8.61 Å². The second kappa shape index (κ2) is 10.9. The minimum absolute atomic E-state index is 0.0827. The summed E-state index contributed by atoms with van der Waals surface area (Å²) in [6.07, 6.45) is 0. The molecule has 8 nitrogen and oxygen atoms in total. The van der Waals surface area contributed by atoms with Crippen molar-refractivity contribution in [3.05, 3.63) is 24.3 Å². The van der Waals surface area contributed by atoms with Gasteiger partial charge in [-0.15, -0.1) is 0 Å². The Labute approximate surface area is 175 Å². The molecule has 0 bridgehead atoms. The maximum Gasteiger partial charge on any atom is 0.282 e. The standard InChI is InChI=1S/C20H35N5O3S/c1-5-23(6-2)19-11-9-18(10-12-19)21-20(26)17-22-13-15-25(16-14-22)29(27,28)24(7-3)8-4/h9-12H,5-8,13-17H2,1-4H3,(H,21,26). The summed E-state index contributed by atoms with van der Waals surface area (Å²) in [6.45, 7) is 12.9. The van der Waals surface area contributed by atoms with Crippen molar-refractivity contribution >= 4 is 27.5 Å². The van der Waals surface area contributed by atoms with Gasteiger partial charge in [0, 0.05) is 63.7 Å². The second-order valence-corrected chi connectivity index (χ2v) is 8.96. The van der Waals surface area contributed by atoms with Crippen molar-refractivity contribution in [3.63, 3.8) is 0 Å². The van der Waals surface area contributed by atoms with E-state index in [1.54, 1.807) is 0 Å². The van der Waals surface area contributed by atoms with E-state index in [1.807, 2.05) is 43.0 Å². The molecule has 1 aromatic carbocycles. The van der Waals surface area contributed by atoms with Gasteiger partial charge in [0.05, 0.1) is 6.54 Å². The molecule has 0 spiro atoms. The van der Waals surface area contributed by atoms with Crippen molar-refractivity contribution in [3.8, 4) is 0 Å². The fraction of sp³-hybridized carbons (Fsp3) is 0.650. The Kier molecular flexibility index (Phi) is 8.88. The summed E-state index contributed by atoms with van der Waals surface area (Å²) < 4.78 is 28.2. The van der Waals surface area contributed by atoms with Crippen molar-refractivity contribution in [1.82, 2.24) is 13.5 Å². The Morgan fingerprint density at radius 2 is 1.48 bits per heavy atom. The first-order valence-corrected chi connectivity index (χ1v) is 11.9. The van der Waals surface area contributed by atoms with E-state index in [0.717, 1.165) is 24.5 Å². The average Bonchev–Trinajstić information content (AvgIpc) is 2.71. The van der Waals surface area contributed by atoms with Gasteiger partial charge in [0.15, 0.2) is 0 Å². The summed E-state index contributed by atoms with van der Waals surface area (Å²) in [7, 11) is -3.40. The summed E-state index contributed by atoms with van der Waals surface area (Å²) in [5.41, 5.74) is 1.91. The van der Waals surface area contributed by atoms with E-state index in [4.69, 9.17) is 0 Å². The second-order valence-electron chi connectivity index (χ2n) is 7.03. The minimum atomic E-state index is -3.40. The van der Waals surface area contributed by atoms with Gasteiger partial charge in [-0.05, 0) is 38.1 Å². The SMILES string of the molecule is CCN(CC)c1ccc(NC(=O)CN2CCN(S(=O)(=O)N(CC)CC)CC2)cc1. The number of anilines is 2. The Hall–Kier alpha value is -1.68. The van der Waals surface area contributed by atoms with Gasteiger partial charge >= 0.3 is 0 Å². The van der Waals surface area contributed by atoms with Gasteiger partial charge in [0.2, 0.25) is 5.91 Å². The fourth-order valence-electron chi connectivity index (χ4n) is 3.58. The molecular weight excluding hydrogens is 390 g/mol. The zero-order valence-electron chi connectivity index (χ0n) is 18.1. The topological polar surface area (TPSA) is 76.2 Å². The van der Waals surface area contributed by atoms with Crippen molar-refractivity contribution < 1.29 is 13.2 Å². The number of nitrogens with one attached hydrogen (secondary N) is 1. The smallest absolute Gasteiger partial charge is 0.282 e. The van der Waals surface area contributed by atoms with Crippen LogP contribution in [-0.4, -0.2) is 86.7 Å². The van der Waals surface area contributed by atoms with Crippen LogP contribution >= 0.6 is 0 Å². The van der Waals surface area contributed by atoms with Crippen LogP contribution in [-0.2, 0) is 15.0 Å². The highest BCUT2D eigenvalue weighted by molar-refractivity contribution is 7.86. The van der Waals surface area contributed by atoms with Crippen LogP contribution in [0.4, 0.5) is 11.4 Å². The molecule has 1 heterocycles. The lowest BCUT2D eigenvalue weighted by atomic mass is 10.2. The van der Waals surface area contributed by atoms with Crippen LogP contribution in [0, 0.1) is 0 Å². The van der Waals surface area contributed by atoms with Crippen molar-refractivity contribution in [2.45, 2.75) is 27.7 Å². The lowest BCUT2D eigenvalue weighted by Crippen LogP contribution is -2.54. The first-order valence-electron chi connectivity index (χ1n) is 10.5. The number of carbonyl (C=O) groups is 1. The predicted molar refractivity (Wildman–Crippen MR) is 118 cm³/mol. The van der Waals surface area contributed by atoms with E-state index in [0.29, 0.717) is 39.3 Å². The van der Waals surface area contributed by atoms with Crippen molar-refractivity contribution in [2.75, 3.05) is 69.1 Å². The summed E-state index contributed by atoms with van der Waals surface area (Å²) in [4.78, 5) is 16.6. The molecule has 0 radical (unpaired) electrons. The fourth-order valence-corrected chi connectivity index (χ4v) is 5.18. The highest BCUT2D eigenvalue weighted by Crippen LogP contribution is 2.18. The number of hydrogen-bond donors (Lipinski definition) is 1. The highest BCUT2D eigenvalue weighted by Gasteiger charge is 2.31. The van der Waals surface area contributed by atoms with E-state index >= 15 is 0 Å². The Bertz CT molecular complexity index is 738. The van der Waals surface area contributed by atoms with Gasteiger partial charge in [-0.2, -0.15) is 17.0 Å². The van der Waals surface area contributed by atoms with Crippen LogP contribution in [0.15, 0.2) is 24.3 Å². The van der Waals surface area contributed by atoms with Crippen LogP contribution < -0.4 is 10.2 Å². The first kappa shape index (κ1) is 23.6. The molecular formula is C20H35N5O3S. The first-order chi connectivity index (χ1) is 13.8. The normalized spacial score (nSPS) is 16.2. The van der Waals surface area contributed by atoms with Gasteiger partial charge < -0.3 is 10.2 Å². The molecule has 1 aliphatic rings. The molecule has 0 atom stereocenters. The number of amides is 1. The monoisotopic (exact) mass is 425 g/mol. The minimum Gasteiger partial charge on any atom is -0.372 e. The number of nitrogens with zero attached hydrogens (tertiary/aromatic N) is 4. The molecule has 0 saturated carbocycles. The van der Waals surface area contributed by atoms with Crippen molar-refractivity contribution in [2.24, 2.45) is 0 Å². The largest absolute Gasteiger partial charge is 0.372 e. The lowest BCUT2D eigenvalue weighted by Gasteiger charge is -2.35. The van der Waals surface area contributed by atoms with Gasteiger partial charge in [0.1, 0.15) is 0 Å². The third-order valence-corrected chi connectivity index (χ3v) is 7.52. The molecule has 1 aromatic rings. The Morgan fingerprint density at radius 3 is 1.97 bits per heavy atom. The van der Waals surface area contributed by atoms with E-state index in [9.17, 15) is 13.2 Å². The van der Waals surface area contributed by atoms with E-state index in [2.05, 4.69) is 24.1 Å². The van der Waals surface area contributed by atoms with Gasteiger partial charge in [-0.25, -0.2) is 0 Å². The molecule has 1 amide bonds. The lowest BCUT2D eigenvalue weighted by molar-refractivity contribution is -0.117. The number of piperazine rings is 1. The van der Waals surface area contributed by atoms with Crippen LogP contribution in [0.3, 0.4) is 0 Å². The van der Waals surface area contributed by atoms with Crippen LogP contribution in [0.5, 0.6) is 0 Å². The molecule has 2 rings (SSSR count). The third-order valence-electron chi connectivity index (χ3n) is 5.34. The van der Waals surface area contributed by atoms with Crippen LogP contribution in [0.1, 0.15) is 27.7 Å². The zero-order valence-corrected chi connectivity index (χ0v) is 18.9. The molecule has 29 heavy (non-hydrogen) atoms. The number of hydrogen-bond acceptors (Lipinski definition) is 5. The third kappa shape index (κ3) is 6.15. The quantitative estimate of drug-likeness (QED) is 0.617. The maximum absolute atomic E-state index is 12.6. The Morgan fingerprint density at radius 1 is 0.931 bits per heavy atom. The molecule has 1 saturated heterocycles. The van der Waals surface area contributed by atoms with Gasteiger partial charge in [-0.1, -0.05) is 13.8 Å². The molecule has 1 fully saturated rings. The van der Waals surface area contributed by atoms with E-state index in [-0.39, 0.29) is 12.5 Å².